The second kappa shape index (κ2) is 7.53. The van der Waals surface area contributed by atoms with Crippen LogP contribution in [0.3, 0.4) is 0 Å². The summed E-state index contributed by atoms with van der Waals surface area (Å²) >= 11 is 0. The highest BCUT2D eigenvalue weighted by atomic mass is 15.0. The fourth-order valence-electron chi connectivity index (χ4n) is 5.26. The molecule has 0 saturated heterocycles. The molecule has 33 heavy (non-hydrogen) atoms. The van der Waals surface area contributed by atoms with Gasteiger partial charge in [-0.05, 0) is 74.4 Å². The molecule has 2 nitrogen and oxygen atoms in total. The van der Waals surface area contributed by atoms with E-state index in [0.717, 1.165) is 0 Å². The summed E-state index contributed by atoms with van der Waals surface area (Å²) in [6.45, 7) is 6.49. The molecule has 6 rings (SSSR count). The Morgan fingerprint density at radius 3 is 1.64 bits per heavy atom. The number of aromatic nitrogens is 2. The molecule has 2 heterocycles. The molecule has 0 spiro atoms. The minimum Gasteiger partial charge on any atom is -0.310 e. The molecule has 0 N–H and O–H groups in total. The maximum atomic E-state index is 2.40. The van der Waals surface area contributed by atoms with Crippen LogP contribution in [-0.4, -0.2) is 9.13 Å². The zero-order valence-corrected chi connectivity index (χ0v) is 19.2. The van der Waals surface area contributed by atoms with Crippen LogP contribution in [0.1, 0.15) is 23.7 Å². The topological polar surface area (TPSA) is 9.86 Å². The largest absolute Gasteiger partial charge is 0.310 e. The first-order valence-corrected chi connectivity index (χ1v) is 11.5. The van der Waals surface area contributed by atoms with Crippen molar-refractivity contribution < 1.29 is 0 Å². The molecule has 2 heteroatoms. The predicted molar refractivity (Wildman–Crippen MR) is 142 cm³/mol. The summed E-state index contributed by atoms with van der Waals surface area (Å²) in [6.07, 6.45) is 4.35. The maximum Gasteiger partial charge on any atom is 0.0541 e. The van der Waals surface area contributed by atoms with Crippen molar-refractivity contribution in [2.24, 2.45) is 0 Å². The van der Waals surface area contributed by atoms with Crippen molar-refractivity contribution >= 4 is 38.8 Å². The second-order valence-electron chi connectivity index (χ2n) is 8.76. The monoisotopic (exact) mass is 426 g/mol. The molecule has 0 amide bonds. The lowest BCUT2D eigenvalue weighted by molar-refractivity contribution is 1.07. The summed E-state index contributed by atoms with van der Waals surface area (Å²) in [6, 6.07) is 33.0. The SMILES string of the molecule is C/C=C\c1c(C)c2ccccc2n1-c1cc(C)cc(-n2c3ccccc3c3ccccc32)c1. The average Bonchev–Trinajstić information content (AvgIpc) is 3.32. The number of nitrogens with zero attached hydrogens (tertiary/aromatic N) is 2. The van der Waals surface area contributed by atoms with Crippen molar-refractivity contribution in [1.29, 1.82) is 0 Å². The van der Waals surface area contributed by atoms with E-state index in [4.69, 9.17) is 0 Å². The van der Waals surface area contributed by atoms with Gasteiger partial charge in [0.15, 0.2) is 0 Å². The van der Waals surface area contributed by atoms with Crippen LogP contribution in [0, 0.1) is 13.8 Å². The molecular weight excluding hydrogens is 400 g/mol. The first-order chi connectivity index (χ1) is 16.2. The van der Waals surface area contributed by atoms with E-state index >= 15 is 0 Å². The highest BCUT2D eigenvalue weighted by Gasteiger charge is 2.16. The van der Waals surface area contributed by atoms with Crippen molar-refractivity contribution in [2.75, 3.05) is 0 Å². The molecule has 0 saturated carbocycles. The van der Waals surface area contributed by atoms with E-state index < -0.39 is 0 Å². The minimum atomic E-state index is 1.18. The number of hydrogen-bond acceptors (Lipinski definition) is 0. The third-order valence-electron chi connectivity index (χ3n) is 6.64. The lowest BCUT2D eigenvalue weighted by atomic mass is 10.1. The van der Waals surface area contributed by atoms with Gasteiger partial charge in [0.25, 0.3) is 0 Å². The Labute approximate surface area is 194 Å². The summed E-state index contributed by atoms with van der Waals surface area (Å²) < 4.78 is 4.80. The van der Waals surface area contributed by atoms with Crippen molar-refractivity contribution in [1.82, 2.24) is 9.13 Å². The third-order valence-corrected chi connectivity index (χ3v) is 6.64. The molecule has 2 aromatic heterocycles. The third kappa shape index (κ3) is 2.95. The van der Waals surface area contributed by atoms with Crippen LogP contribution in [0.2, 0.25) is 0 Å². The van der Waals surface area contributed by atoms with Gasteiger partial charge in [-0.1, -0.05) is 60.7 Å². The van der Waals surface area contributed by atoms with Gasteiger partial charge in [0, 0.05) is 33.2 Å². The highest BCUT2D eigenvalue weighted by molar-refractivity contribution is 6.09. The lowest BCUT2D eigenvalue weighted by Crippen LogP contribution is -2.01. The number of hydrogen-bond donors (Lipinski definition) is 0. The van der Waals surface area contributed by atoms with Crippen LogP contribution in [0.4, 0.5) is 0 Å². The summed E-state index contributed by atoms with van der Waals surface area (Å²) in [5.41, 5.74) is 9.86. The highest BCUT2D eigenvalue weighted by Crippen LogP contribution is 2.35. The quantitative estimate of drug-likeness (QED) is 0.269. The molecule has 0 fully saturated rings. The number of aryl methyl sites for hydroxylation is 2. The lowest BCUT2D eigenvalue weighted by Gasteiger charge is -2.15. The molecule has 0 radical (unpaired) electrons. The Balaban J connectivity index is 1.69. The number of benzene rings is 4. The van der Waals surface area contributed by atoms with Gasteiger partial charge in [0.2, 0.25) is 0 Å². The fraction of sp³-hybridized carbons (Fsp3) is 0.0968. The summed E-state index contributed by atoms with van der Waals surface area (Å²) in [7, 11) is 0. The van der Waals surface area contributed by atoms with Crippen molar-refractivity contribution in [3.8, 4) is 11.4 Å². The Kier molecular flexibility index (Phi) is 4.48. The fourth-order valence-corrected chi connectivity index (χ4v) is 5.26. The standard InChI is InChI=1S/C31H26N2/c1-4-11-28-22(3)25-12-5-8-15-29(25)32(28)23-18-21(2)19-24(20-23)33-30-16-9-6-13-26(30)27-14-7-10-17-31(27)33/h4-20H,1-3H3/b11-4-. The number of fused-ring (bicyclic) bond motifs is 4. The van der Waals surface area contributed by atoms with Gasteiger partial charge in [-0.15, -0.1) is 0 Å². The smallest absolute Gasteiger partial charge is 0.0541 e. The van der Waals surface area contributed by atoms with E-state index in [1.54, 1.807) is 0 Å². The predicted octanol–water partition coefficient (Wildman–Crippen LogP) is 8.38. The summed E-state index contributed by atoms with van der Waals surface area (Å²) in [4.78, 5) is 0. The van der Waals surface area contributed by atoms with Crippen molar-refractivity contribution in [3.05, 3.63) is 114 Å². The van der Waals surface area contributed by atoms with Crippen LogP contribution in [-0.2, 0) is 0 Å². The number of rotatable bonds is 3. The van der Waals surface area contributed by atoms with Crippen LogP contribution < -0.4 is 0 Å². The van der Waals surface area contributed by atoms with Crippen LogP contribution in [0.15, 0.2) is 97.1 Å². The van der Waals surface area contributed by atoms with Crippen molar-refractivity contribution in [3.63, 3.8) is 0 Å². The molecule has 0 unspecified atom stereocenters. The van der Waals surface area contributed by atoms with Gasteiger partial charge in [0.1, 0.15) is 0 Å². The van der Waals surface area contributed by atoms with Gasteiger partial charge in [-0.25, -0.2) is 0 Å². The van der Waals surface area contributed by atoms with E-state index in [2.05, 4.69) is 133 Å². The zero-order chi connectivity index (χ0) is 22.5. The summed E-state index contributed by atoms with van der Waals surface area (Å²) in [5, 5.41) is 3.87. The minimum absolute atomic E-state index is 1.18. The second-order valence-corrected chi connectivity index (χ2v) is 8.76. The van der Waals surface area contributed by atoms with Crippen LogP contribution in [0.5, 0.6) is 0 Å². The van der Waals surface area contributed by atoms with Crippen LogP contribution in [0.25, 0.3) is 50.2 Å². The molecule has 0 atom stereocenters. The molecular formula is C31H26N2. The Morgan fingerprint density at radius 1 is 0.576 bits per heavy atom. The van der Waals surface area contributed by atoms with Gasteiger partial charge >= 0.3 is 0 Å². The molecule has 6 aromatic rings. The van der Waals surface area contributed by atoms with Gasteiger partial charge in [-0.3, -0.25) is 0 Å². The number of para-hydroxylation sites is 3. The molecule has 0 aliphatic rings. The molecule has 160 valence electrons. The normalized spacial score (nSPS) is 12.0. The van der Waals surface area contributed by atoms with E-state index in [1.165, 1.54) is 60.9 Å². The van der Waals surface area contributed by atoms with E-state index in [9.17, 15) is 0 Å². The zero-order valence-electron chi connectivity index (χ0n) is 19.2. The van der Waals surface area contributed by atoms with Crippen molar-refractivity contribution in [2.45, 2.75) is 20.8 Å². The van der Waals surface area contributed by atoms with E-state index in [1.807, 2.05) is 0 Å². The number of allylic oxidation sites excluding steroid dienone is 1. The molecule has 0 aliphatic carbocycles. The Hall–Kier alpha value is -4.04. The average molecular weight is 427 g/mol. The van der Waals surface area contributed by atoms with E-state index in [-0.39, 0.29) is 0 Å². The summed E-state index contributed by atoms with van der Waals surface area (Å²) in [5.74, 6) is 0. The van der Waals surface area contributed by atoms with Gasteiger partial charge < -0.3 is 9.13 Å². The first-order valence-electron chi connectivity index (χ1n) is 11.5. The Bertz CT molecular complexity index is 1640. The molecule has 0 aliphatic heterocycles. The first kappa shape index (κ1) is 19.6. The van der Waals surface area contributed by atoms with Gasteiger partial charge in [-0.2, -0.15) is 0 Å². The maximum absolute atomic E-state index is 2.40. The molecule has 4 aromatic carbocycles. The van der Waals surface area contributed by atoms with Crippen LogP contribution >= 0.6 is 0 Å². The Morgan fingerprint density at radius 2 is 1.06 bits per heavy atom. The van der Waals surface area contributed by atoms with Gasteiger partial charge in [0.05, 0.1) is 16.6 Å². The molecule has 0 bridgehead atoms. The van der Waals surface area contributed by atoms with E-state index in [0.29, 0.717) is 0 Å².